The second-order valence-electron chi connectivity index (χ2n) is 6.44. The maximum Gasteiger partial charge on any atom is 0.319 e. The Morgan fingerprint density at radius 1 is 1.18 bits per heavy atom. The highest BCUT2D eigenvalue weighted by Crippen LogP contribution is 2.39. The molecule has 0 saturated carbocycles. The molecule has 7 nitrogen and oxygen atoms in total. The first-order valence-corrected chi connectivity index (χ1v) is 9.23. The Balaban J connectivity index is 1.72. The molecule has 2 aromatic rings. The first-order valence-electron chi connectivity index (χ1n) is 9.23. The second-order valence-corrected chi connectivity index (χ2v) is 6.44. The van der Waals surface area contributed by atoms with E-state index in [4.69, 9.17) is 14.5 Å². The minimum absolute atomic E-state index is 0.289. The van der Waals surface area contributed by atoms with Crippen molar-refractivity contribution < 1.29 is 14.3 Å². The Kier molecular flexibility index (Phi) is 5.25. The molecule has 2 amide bonds. The monoisotopic (exact) mass is 378 g/mol. The molecule has 7 heteroatoms. The van der Waals surface area contributed by atoms with E-state index in [9.17, 15) is 4.79 Å². The van der Waals surface area contributed by atoms with Crippen LogP contribution in [0.25, 0.3) is 0 Å². The number of ether oxygens (including phenoxy) is 2. The van der Waals surface area contributed by atoms with Crippen molar-refractivity contribution >= 4 is 23.2 Å². The van der Waals surface area contributed by atoms with E-state index in [0.717, 1.165) is 30.2 Å². The number of carbonyl (C=O) groups excluding carboxylic acids is 1. The largest absolute Gasteiger partial charge is 0.454 e. The smallest absolute Gasteiger partial charge is 0.319 e. The number of hydrogen-bond donors (Lipinski definition) is 2. The van der Waals surface area contributed by atoms with Gasteiger partial charge in [0.05, 0.1) is 18.8 Å². The van der Waals surface area contributed by atoms with E-state index in [1.54, 1.807) is 6.08 Å². The van der Waals surface area contributed by atoms with Gasteiger partial charge in [0.25, 0.3) is 0 Å². The van der Waals surface area contributed by atoms with Crippen LogP contribution in [0.1, 0.15) is 5.56 Å². The van der Waals surface area contributed by atoms with Crippen molar-refractivity contribution in [2.75, 3.05) is 38.2 Å². The Morgan fingerprint density at radius 2 is 2.00 bits per heavy atom. The van der Waals surface area contributed by atoms with Crippen LogP contribution < -0.4 is 15.4 Å². The predicted molar refractivity (Wildman–Crippen MR) is 109 cm³/mol. The second kappa shape index (κ2) is 8.14. The van der Waals surface area contributed by atoms with Gasteiger partial charge in [-0.25, -0.2) is 9.79 Å². The van der Waals surface area contributed by atoms with Crippen molar-refractivity contribution in [3.63, 3.8) is 0 Å². The van der Waals surface area contributed by atoms with Gasteiger partial charge in [-0.3, -0.25) is 0 Å². The highest BCUT2D eigenvalue weighted by atomic mass is 16.5. The van der Waals surface area contributed by atoms with Crippen molar-refractivity contribution in [1.29, 1.82) is 0 Å². The van der Waals surface area contributed by atoms with Crippen LogP contribution in [0.5, 0.6) is 11.5 Å². The molecule has 0 unspecified atom stereocenters. The Labute approximate surface area is 163 Å². The fraction of sp³-hybridized carbons (Fsp3) is 0.238. The molecule has 0 spiro atoms. The minimum Gasteiger partial charge on any atom is -0.454 e. The van der Waals surface area contributed by atoms with Crippen molar-refractivity contribution in [1.82, 2.24) is 10.2 Å². The van der Waals surface area contributed by atoms with E-state index >= 15 is 0 Å². The van der Waals surface area contributed by atoms with E-state index < -0.39 is 0 Å². The molecule has 0 atom stereocenters. The molecule has 4 rings (SSSR count). The van der Waals surface area contributed by atoms with Gasteiger partial charge in [-0.15, -0.1) is 6.58 Å². The number of anilines is 1. The number of para-hydroxylation sites is 2. The zero-order chi connectivity index (χ0) is 19.3. The number of urea groups is 1. The van der Waals surface area contributed by atoms with E-state index in [-0.39, 0.29) is 6.03 Å². The van der Waals surface area contributed by atoms with Gasteiger partial charge in [0, 0.05) is 25.3 Å². The fourth-order valence-corrected chi connectivity index (χ4v) is 3.16. The first kappa shape index (κ1) is 18.1. The molecule has 0 aromatic heterocycles. The third-order valence-corrected chi connectivity index (χ3v) is 4.51. The third-order valence-electron chi connectivity index (χ3n) is 4.51. The number of nitrogens with one attached hydrogen (secondary N) is 2. The zero-order valence-electron chi connectivity index (χ0n) is 15.5. The molecule has 0 bridgehead atoms. The predicted octanol–water partition coefficient (Wildman–Crippen LogP) is 3.51. The highest BCUT2D eigenvalue weighted by Gasteiger charge is 2.24. The summed E-state index contributed by atoms with van der Waals surface area (Å²) < 4.78 is 11.6. The minimum atomic E-state index is -0.289. The summed E-state index contributed by atoms with van der Waals surface area (Å²) in [7, 11) is 0. The number of amidine groups is 1. The number of fused-ring (bicyclic) bond motifs is 2. The molecule has 1 fully saturated rings. The molecular weight excluding hydrogens is 356 g/mol. The Bertz CT molecular complexity index is 920. The quantitative estimate of drug-likeness (QED) is 0.802. The zero-order valence-corrected chi connectivity index (χ0v) is 15.5. The number of rotatable bonds is 3. The van der Waals surface area contributed by atoms with Gasteiger partial charge in [-0.05, 0) is 30.3 Å². The maximum absolute atomic E-state index is 12.0. The number of hydrogen-bond acceptors (Lipinski definition) is 5. The molecule has 28 heavy (non-hydrogen) atoms. The average molecular weight is 378 g/mol. The summed E-state index contributed by atoms with van der Waals surface area (Å²) in [6.07, 6.45) is 1.63. The van der Waals surface area contributed by atoms with Gasteiger partial charge < -0.3 is 25.0 Å². The molecular formula is C21H22N4O3. The summed E-state index contributed by atoms with van der Waals surface area (Å²) in [5.41, 5.74) is 2.27. The van der Waals surface area contributed by atoms with Crippen molar-refractivity contribution in [3.05, 3.63) is 60.7 Å². The van der Waals surface area contributed by atoms with Crippen LogP contribution >= 0.6 is 0 Å². The van der Waals surface area contributed by atoms with Crippen molar-refractivity contribution in [3.8, 4) is 11.5 Å². The normalized spacial score (nSPS) is 15.3. The molecule has 2 aromatic carbocycles. The van der Waals surface area contributed by atoms with Gasteiger partial charge in [-0.1, -0.05) is 18.2 Å². The van der Waals surface area contributed by atoms with E-state index in [1.807, 2.05) is 42.5 Å². The Morgan fingerprint density at radius 3 is 2.82 bits per heavy atom. The summed E-state index contributed by atoms with van der Waals surface area (Å²) in [5, 5.41) is 5.55. The van der Waals surface area contributed by atoms with Gasteiger partial charge in [-0.2, -0.15) is 0 Å². The van der Waals surface area contributed by atoms with E-state index in [1.165, 1.54) is 0 Å². The first-order chi connectivity index (χ1) is 13.7. The third kappa shape index (κ3) is 3.84. The van der Waals surface area contributed by atoms with E-state index in [0.29, 0.717) is 36.9 Å². The summed E-state index contributed by atoms with van der Waals surface area (Å²) in [4.78, 5) is 19.1. The van der Waals surface area contributed by atoms with E-state index in [2.05, 4.69) is 22.1 Å². The lowest BCUT2D eigenvalue weighted by Gasteiger charge is -2.30. The van der Waals surface area contributed by atoms with Crippen LogP contribution in [0, 0.1) is 0 Å². The number of amides is 2. The molecule has 2 N–H and O–H groups in total. The molecule has 0 aliphatic carbocycles. The van der Waals surface area contributed by atoms with Crippen LogP contribution in [-0.2, 0) is 4.74 Å². The fourth-order valence-electron chi connectivity index (χ4n) is 3.16. The molecule has 2 aliphatic rings. The van der Waals surface area contributed by atoms with Gasteiger partial charge in [0.1, 0.15) is 17.3 Å². The Hall–Kier alpha value is -3.32. The summed E-state index contributed by atoms with van der Waals surface area (Å²) >= 11 is 0. The lowest BCUT2D eigenvalue weighted by atomic mass is 10.1. The number of nitrogens with zero attached hydrogens (tertiary/aromatic N) is 2. The lowest BCUT2D eigenvalue weighted by Crippen LogP contribution is -2.41. The molecule has 2 aliphatic heterocycles. The van der Waals surface area contributed by atoms with Crippen molar-refractivity contribution in [2.45, 2.75) is 0 Å². The number of carbonyl (C=O) groups is 1. The van der Waals surface area contributed by atoms with Gasteiger partial charge >= 0.3 is 6.03 Å². The highest BCUT2D eigenvalue weighted by molar-refractivity contribution is 6.05. The van der Waals surface area contributed by atoms with Crippen molar-refractivity contribution in [2.24, 2.45) is 4.99 Å². The summed E-state index contributed by atoms with van der Waals surface area (Å²) in [5.74, 6) is 2.22. The van der Waals surface area contributed by atoms with Crippen LogP contribution in [0.3, 0.4) is 0 Å². The van der Waals surface area contributed by atoms with Gasteiger partial charge in [0.15, 0.2) is 5.75 Å². The topological polar surface area (TPSA) is 75.2 Å². The summed E-state index contributed by atoms with van der Waals surface area (Å²) in [6, 6.07) is 13.0. The number of morpholine rings is 1. The van der Waals surface area contributed by atoms with Crippen LogP contribution in [0.2, 0.25) is 0 Å². The van der Waals surface area contributed by atoms with Gasteiger partial charge in [0.2, 0.25) is 0 Å². The summed E-state index contributed by atoms with van der Waals surface area (Å²) in [6.45, 7) is 6.80. The molecule has 0 radical (unpaired) electrons. The molecule has 1 saturated heterocycles. The molecule has 2 heterocycles. The van der Waals surface area contributed by atoms with Crippen LogP contribution in [0.4, 0.5) is 16.2 Å². The number of aliphatic imine (C=N–C) groups is 1. The van der Waals surface area contributed by atoms with Crippen LogP contribution in [0.15, 0.2) is 60.1 Å². The lowest BCUT2D eigenvalue weighted by molar-refractivity contribution is 0.0683. The maximum atomic E-state index is 12.0. The molecule has 144 valence electrons. The SMILES string of the molecule is C=CCNC(=O)Nc1ccc2c(c1)C(N1CCOCC1)=Nc1ccccc1O2. The standard InChI is InChI=1S/C21H22N4O3/c1-2-9-22-21(26)23-15-7-8-18-16(14-15)20(25-10-12-27-13-11-25)24-17-5-3-4-6-19(17)28-18/h2-8,14H,1,9-13H2,(H2,22,23,26). The average Bonchev–Trinajstić information content (AvgIpc) is 2.89. The number of benzene rings is 2. The van der Waals surface area contributed by atoms with Crippen LogP contribution in [-0.4, -0.2) is 49.6 Å².